The summed E-state index contributed by atoms with van der Waals surface area (Å²) < 4.78 is 5.76. The Labute approximate surface area is 65.2 Å². The minimum atomic E-state index is -1.50. The van der Waals surface area contributed by atoms with Crippen LogP contribution in [-0.2, 0) is 4.43 Å². The standard InChI is InChI=1S/C8H18OSi/c1-6-8(3)9-10(4,5)7-2/h7-8H,2,6H2,1,3-5H3. The van der Waals surface area contributed by atoms with Gasteiger partial charge in [0.05, 0.1) is 0 Å². The van der Waals surface area contributed by atoms with E-state index in [1.807, 2.05) is 5.70 Å². The van der Waals surface area contributed by atoms with Crippen molar-refractivity contribution in [2.24, 2.45) is 0 Å². The molecule has 10 heavy (non-hydrogen) atoms. The molecule has 0 amide bonds. The van der Waals surface area contributed by atoms with Crippen molar-refractivity contribution in [2.75, 3.05) is 0 Å². The highest BCUT2D eigenvalue weighted by Gasteiger charge is 2.19. The van der Waals surface area contributed by atoms with Gasteiger partial charge in [-0.2, -0.15) is 0 Å². The first-order chi connectivity index (χ1) is 4.52. The van der Waals surface area contributed by atoms with Crippen LogP contribution in [0.1, 0.15) is 20.3 Å². The highest BCUT2D eigenvalue weighted by Crippen LogP contribution is 2.10. The molecule has 1 unspecified atom stereocenters. The van der Waals surface area contributed by atoms with Gasteiger partial charge >= 0.3 is 0 Å². The van der Waals surface area contributed by atoms with E-state index in [4.69, 9.17) is 4.43 Å². The molecule has 2 heteroatoms. The van der Waals surface area contributed by atoms with E-state index in [9.17, 15) is 0 Å². The summed E-state index contributed by atoms with van der Waals surface area (Å²) in [6, 6.07) is 0. The summed E-state index contributed by atoms with van der Waals surface area (Å²) in [5.74, 6) is 0. The first kappa shape index (κ1) is 9.92. The number of rotatable bonds is 4. The zero-order chi connectivity index (χ0) is 8.20. The van der Waals surface area contributed by atoms with Gasteiger partial charge in [0.15, 0.2) is 0 Å². The van der Waals surface area contributed by atoms with Crippen molar-refractivity contribution in [2.45, 2.75) is 39.5 Å². The fraction of sp³-hybridized carbons (Fsp3) is 0.750. The highest BCUT2D eigenvalue weighted by molar-refractivity contribution is 6.76. The largest absolute Gasteiger partial charge is 0.411 e. The second kappa shape index (κ2) is 3.94. The van der Waals surface area contributed by atoms with Crippen LogP contribution in [-0.4, -0.2) is 14.4 Å². The van der Waals surface area contributed by atoms with Gasteiger partial charge in [0.2, 0.25) is 8.32 Å². The van der Waals surface area contributed by atoms with E-state index >= 15 is 0 Å². The molecule has 0 bridgehead atoms. The minimum absolute atomic E-state index is 0.389. The van der Waals surface area contributed by atoms with Crippen LogP contribution < -0.4 is 0 Å². The Balaban J connectivity index is 3.75. The monoisotopic (exact) mass is 158 g/mol. The molecule has 0 aromatic carbocycles. The summed E-state index contributed by atoms with van der Waals surface area (Å²) in [6.45, 7) is 12.3. The van der Waals surface area contributed by atoms with Gasteiger partial charge in [0.1, 0.15) is 0 Å². The maximum absolute atomic E-state index is 5.76. The Bertz CT molecular complexity index is 110. The molecule has 0 aliphatic heterocycles. The van der Waals surface area contributed by atoms with Gasteiger partial charge in [-0.25, -0.2) is 0 Å². The van der Waals surface area contributed by atoms with Gasteiger partial charge in [-0.3, -0.25) is 0 Å². The average molecular weight is 158 g/mol. The van der Waals surface area contributed by atoms with Crippen LogP contribution in [0.4, 0.5) is 0 Å². The van der Waals surface area contributed by atoms with Crippen LogP contribution in [0.3, 0.4) is 0 Å². The van der Waals surface area contributed by atoms with Crippen molar-refractivity contribution in [1.82, 2.24) is 0 Å². The van der Waals surface area contributed by atoms with Crippen LogP contribution in [0.5, 0.6) is 0 Å². The van der Waals surface area contributed by atoms with Crippen molar-refractivity contribution in [3.05, 3.63) is 12.3 Å². The van der Waals surface area contributed by atoms with E-state index in [1.54, 1.807) is 0 Å². The Morgan fingerprint density at radius 2 is 2.10 bits per heavy atom. The molecule has 1 nitrogen and oxygen atoms in total. The van der Waals surface area contributed by atoms with Gasteiger partial charge in [-0.15, -0.1) is 6.58 Å². The molecule has 0 rings (SSSR count). The maximum atomic E-state index is 5.76. The normalized spacial score (nSPS) is 14.8. The molecule has 0 aromatic rings. The predicted octanol–water partition coefficient (Wildman–Crippen LogP) is 2.73. The predicted molar refractivity (Wildman–Crippen MR) is 48.5 cm³/mol. The molecule has 0 aromatic heterocycles. The Kier molecular flexibility index (Phi) is 3.90. The van der Waals surface area contributed by atoms with E-state index in [-0.39, 0.29) is 0 Å². The first-order valence-corrected chi connectivity index (χ1v) is 6.82. The molecular weight excluding hydrogens is 140 g/mol. The molecule has 0 saturated carbocycles. The molecule has 0 saturated heterocycles. The molecule has 60 valence electrons. The fourth-order valence-electron chi connectivity index (χ4n) is 0.650. The van der Waals surface area contributed by atoms with E-state index < -0.39 is 8.32 Å². The highest BCUT2D eigenvalue weighted by atomic mass is 28.4. The molecule has 0 aliphatic carbocycles. The van der Waals surface area contributed by atoms with Gasteiger partial charge < -0.3 is 4.43 Å². The third kappa shape index (κ3) is 3.85. The van der Waals surface area contributed by atoms with E-state index in [1.165, 1.54) is 0 Å². The lowest BCUT2D eigenvalue weighted by Crippen LogP contribution is -2.31. The molecular formula is C8H18OSi. The van der Waals surface area contributed by atoms with Crippen LogP contribution >= 0.6 is 0 Å². The summed E-state index contributed by atoms with van der Waals surface area (Å²) in [5, 5.41) is 0. The SMILES string of the molecule is C=C[Si](C)(C)OC(C)CC. The lowest BCUT2D eigenvalue weighted by Gasteiger charge is -2.22. The Hall–Kier alpha value is -0.0831. The van der Waals surface area contributed by atoms with Gasteiger partial charge in [-0.05, 0) is 26.4 Å². The summed E-state index contributed by atoms with van der Waals surface area (Å²) in [6.07, 6.45) is 1.48. The van der Waals surface area contributed by atoms with E-state index in [0.717, 1.165) is 6.42 Å². The molecule has 0 heterocycles. The fourth-order valence-corrected chi connectivity index (χ4v) is 1.95. The van der Waals surface area contributed by atoms with Gasteiger partial charge in [0, 0.05) is 6.10 Å². The first-order valence-electron chi connectivity index (χ1n) is 3.83. The second-order valence-corrected chi connectivity index (χ2v) is 7.00. The second-order valence-electron chi connectivity index (χ2n) is 3.14. The third-order valence-corrected chi connectivity index (χ3v) is 3.56. The Morgan fingerprint density at radius 3 is 2.40 bits per heavy atom. The molecule has 0 aliphatic rings. The summed E-state index contributed by atoms with van der Waals surface area (Å²) in [5.41, 5.74) is 1.97. The smallest absolute Gasteiger partial charge is 0.210 e. The molecule has 0 N–H and O–H groups in total. The lowest BCUT2D eigenvalue weighted by molar-refractivity contribution is 0.212. The minimum Gasteiger partial charge on any atom is -0.411 e. The lowest BCUT2D eigenvalue weighted by atomic mass is 10.3. The van der Waals surface area contributed by atoms with E-state index in [0.29, 0.717) is 6.10 Å². The molecule has 0 spiro atoms. The van der Waals surface area contributed by atoms with Crippen molar-refractivity contribution < 1.29 is 4.43 Å². The number of hydrogen-bond donors (Lipinski definition) is 0. The van der Waals surface area contributed by atoms with Crippen molar-refractivity contribution in [3.8, 4) is 0 Å². The summed E-state index contributed by atoms with van der Waals surface area (Å²) in [4.78, 5) is 0. The van der Waals surface area contributed by atoms with Crippen LogP contribution in [0.2, 0.25) is 13.1 Å². The number of hydrogen-bond acceptors (Lipinski definition) is 1. The molecule has 0 fully saturated rings. The molecule has 0 radical (unpaired) electrons. The van der Waals surface area contributed by atoms with Crippen LogP contribution in [0.25, 0.3) is 0 Å². The van der Waals surface area contributed by atoms with Crippen LogP contribution in [0, 0.1) is 0 Å². The summed E-state index contributed by atoms with van der Waals surface area (Å²) >= 11 is 0. The van der Waals surface area contributed by atoms with Crippen LogP contribution in [0.15, 0.2) is 12.3 Å². The molecule has 1 atom stereocenters. The zero-order valence-electron chi connectivity index (χ0n) is 7.48. The average Bonchev–Trinajstić information content (AvgIpc) is 1.87. The van der Waals surface area contributed by atoms with Crippen molar-refractivity contribution >= 4 is 8.32 Å². The van der Waals surface area contributed by atoms with Crippen molar-refractivity contribution in [3.63, 3.8) is 0 Å². The van der Waals surface area contributed by atoms with Gasteiger partial charge in [0.25, 0.3) is 0 Å². The van der Waals surface area contributed by atoms with Gasteiger partial charge in [-0.1, -0.05) is 12.6 Å². The maximum Gasteiger partial charge on any atom is 0.210 e. The van der Waals surface area contributed by atoms with Crippen molar-refractivity contribution in [1.29, 1.82) is 0 Å². The quantitative estimate of drug-likeness (QED) is 0.572. The summed E-state index contributed by atoms with van der Waals surface area (Å²) in [7, 11) is -1.50. The van der Waals surface area contributed by atoms with E-state index in [2.05, 4.69) is 33.5 Å². The topological polar surface area (TPSA) is 9.23 Å². The third-order valence-electron chi connectivity index (χ3n) is 1.57. The zero-order valence-corrected chi connectivity index (χ0v) is 8.48. The Morgan fingerprint density at radius 1 is 1.60 bits per heavy atom.